The number of piperidine rings is 1. The van der Waals surface area contributed by atoms with Gasteiger partial charge in [-0.2, -0.15) is 5.10 Å². The van der Waals surface area contributed by atoms with E-state index in [0.717, 1.165) is 50.5 Å². The molecule has 2 fully saturated rings. The van der Waals surface area contributed by atoms with E-state index in [1.165, 1.54) is 52.3 Å². The first-order valence-corrected chi connectivity index (χ1v) is 13.5. The molecule has 4 heterocycles. The van der Waals surface area contributed by atoms with Crippen LogP contribution in [0.2, 0.25) is 0 Å². The van der Waals surface area contributed by atoms with Gasteiger partial charge in [-0.15, -0.1) is 0 Å². The first-order valence-electron chi connectivity index (χ1n) is 13.5. The lowest BCUT2D eigenvalue weighted by Gasteiger charge is -2.40. The average Bonchev–Trinajstić information content (AvgIpc) is 3.65. The monoisotopic (exact) mass is 486 g/mol. The van der Waals surface area contributed by atoms with Crippen LogP contribution in [0.15, 0.2) is 24.3 Å². The maximum absolute atomic E-state index is 5.72. The van der Waals surface area contributed by atoms with Crippen LogP contribution in [0.4, 0.5) is 11.6 Å². The summed E-state index contributed by atoms with van der Waals surface area (Å²) in [6.07, 6.45) is 5.81. The molecular weight excluding hydrogens is 448 g/mol. The van der Waals surface area contributed by atoms with E-state index in [4.69, 9.17) is 19.8 Å². The number of hydrogen-bond donors (Lipinski definition) is 0. The second-order valence-corrected chi connectivity index (χ2v) is 11.0. The van der Waals surface area contributed by atoms with Crippen LogP contribution in [0, 0.1) is 13.8 Å². The Kier molecular flexibility index (Phi) is 5.98. The Bertz CT molecular complexity index is 1260. The van der Waals surface area contributed by atoms with Gasteiger partial charge in [-0.05, 0) is 57.6 Å². The van der Waals surface area contributed by atoms with Crippen molar-refractivity contribution in [2.24, 2.45) is 7.05 Å². The summed E-state index contributed by atoms with van der Waals surface area (Å²) in [5.74, 6) is 3.83. The first kappa shape index (κ1) is 23.5. The van der Waals surface area contributed by atoms with E-state index in [1.54, 1.807) is 0 Å². The summed E-state index contributed by atoms with van der Waals surface area (Å²) < 4.78 is 7.79. The quantitative estimate of drug-likeness (QED) is 0.509. The zero-order chi connectivity index (χ0) is 25.0. The number of methoxy groups -OCH3 is 1. The molecule has 7 nitrogen and oxygen atoms in total. The van der Waals surface area contributed by atoms with Crippen LogP contribution < -0.4 is 9.80 Å². The Morgan fingerprint density at radius 3 is 2.50 bits per heavy atom. The van der Waals surface area contributed by atoms with Gasteiger partial charge in [0, 0.05) is 69.4 Å². The van der Waals surface area contributed by atoms with Gasteiger partial charge in [-0.3, -0.25) is 4.68 Å². The Hall–Kier alpha value is -2.93. The Labute approximate surface area is 214 Å². The van der Waals surface area contributed by atoms with Gasteiger partial charge in [0.15, 0.2) is 5.82 Å². The summed E-state index contributed by atoms with van der Waals surface area (Å²) in [5, 5.41) is 4.84. The molecule has 1 saturated carbocycles. The third-order valence-corrected chi connectivity index (χ3v) is 8.37. The van der Waals surface area contributed by atoms with E-state index >= 15 is 0 Å². The molecule has 0 amide bonds. The maximum atomic E-state index is 5.72. The zero-order valence-corrected chi connectivity index (χ0v) is 22.3. The van der Waals surface area contributed by atoms with Crippen molar-refractivity contribution in [1.29, 1.82) is 0 Å². The van der Waals surface area contributed by atoms with Gasteiger partial charge in [0.25, 0.3) is 0 Å². The highest BCUT2D eigenvalue weighted by molar-refractivity contribution is 5.68. The predicted octanol–water partition coefficient (Wildman–Crippen LogP) is 4.94. The topological polar surface area (TPSA) is 59.3 Å². The number of benzene rings is 1. The molecule has 2 aromatic heterocycles. The molecule has 1 saturated heterocycles. The van der Waals surface area contributed by atoms with Crippen LogP contribution in [0.3, 0.4) is 0 Å². The first-order chi connectivity index (χ1) is 17.4. The number of hydrogen-bond acceptors (Lipinski definition) is 6. The van der Waals surface area contributed by atoms with Crippen molar-refractivity contribution in [1.82, 2.24) is 19.7 Å². The third-order valence-electron chi connectivity index (χ3n) is 8.37. The number of nitrogens with zero attached hydrogens (tertiary/aromatic N) is 6. The molecule has 190 valence electrons. The van der Waals surface area contributed by atoms with Crippen molar-refractivity contribution in [2.75, 3.05) is 30.0 Å². The van der Waals surface area contributed by atoms with Crippen molar-refractivity contribution in [3.8, 4) is 11.4 Å². The molecule has 1 aromatic carbocycles. The second kappa shape index (κ2) is 9.18. The van der Waals surface area contributed by atoms with E-state index < -0.39 is 0 Å². The van der Waals surface area contributed by atoms with Crippen molar-refractivity contribution in [2.45, 2.75) is 77.5 Å². The molecule has 3 aromatic rings. The molecule has 36 heavy (non-hydrogen) atoms. The predicted molar refractivity (Wildman–Crippen MR) is 144 cm³/mol. The highest BCUT2D eigenvalue weighted by Crippen LogP contribution is 2.41. The fourth-order valence-electron chi connectivity index (χ4n) is 6.12. The Morgan fingerprint density at radius 1 is 1.03 bits per heavy atom. The highest BCUT2D eigenvalue weighted by Gasteiger charge is 2.33. The molecule has 2 aliphatic heterocycles. The normalized spacial score (nSPS) is 22.1. The Morgan fingerprint density at radius 2 is 1.81 bits per heavy atom. The van der Waals surface area contributed by atoms with Gasteiger partial charge in [0.05, 0.1) is 17.5 Å². The molecule has 1 aliphatic carbocycles. The van der Waals surface area contributed by atoms with Crippen LogP contribution in [-0.4, -0.2) is 52.1 Å². The number of ether oxygens (including phenoxy) is 1. The smallest absolute Gasteiger partial charge is 0.162 e. The minimum absolute atomic E-state index is 0.318. The van der Waals surface area contributed by atoms with E-state index in [9.17, 15) is 0 Å². The summed E-state index contributed by atoms with van der Waals surface area (Å²) in [5.41, 5.74) is 7.34. The third kappa shape index (κ3) is 4.17. The molecule has 3 aliphatic rings. The van der Waals surface area contributed by atoms with Gasteiger partial charge >= 0.3 is 0 Å². The fraction of sp³-hybridized carbons (Fsp3) is 0.552. The van der Waals surface area contributed by atoms with Crippen molar-refractivity contribution < 1.29 is 4.74 Å². The molecule has 0 N–H and O–H groups in total. The van der Waals surface area contributed by atoms with E-state index in [-0.39, 0.29) is 0 Å². The number of rotatable bonds is 5. The minimum Gasteiger partial charge on any atom is -0.381 e. The molecule has 0 bridgehead atoms. The van der Waals surface area contributed by atoms with Crippen molar-refractivity contribution >= 4 is 11.6 Å². The summed E-state index contributed by atoms with van der Waals surface area (Å²) >= 11 is 0. The standard InChI is InChI=1S/C29H38N6O/c1-18-7-6-8-19(2)27(18)28-30-24-12-13-34(26-16-25(21-9-10-21)32-33(26)4)17-23(24)29(31-28)35-14-11-22(36-5)15-20(35)3/h6-8,16,20-22H,9-15,17H2,1-5H3/t20-,22?/m1/s1. The molecule has 7 heteroatoms. The lowest BCUT2D eigenvalue weighted by atomic mass is 9.97. The number of aryl methyl sites for hydroxylation is 3. The lowest BCUT2D eigenvalue weighted by molar-refractivity contribution is 0.0719. The molecule has 1 unspecified atom stereocenters. The second-order valence-electron chi connectivity index (χ2n) is 11.0. The van der Waals surface area contributed by atoms with Gasteiger partial charge in [0.2, 0.25) is 0 Å². The molecule has 0 radical (unpaired) electrons. The zero-order valence-electron chi connectivity index (χ0n) is 22.3. The molecular formula is C29H38N6O. The SMILES string of the molecule is COC1CCN(c2nc(-c3c(C)cccc3C)nc3c2CN(c2cc(C4CC4)nn2C)CC3)[C@H](C)C1. The van der Waals surface area contributed by atoms with Crippen molar-refractivity contribution in [3.05, 3.63) is 52.3 Å². The maximum Gasteiger partial charge on any atom is 0.162 e. The summed E-state index contributed by atoms with van der Waals surface area (Å²) in [7, 11) is 3.91. The van der Waals surface area contributed by atoms with Crippen LogP contribution in [-0.2, 0) is 24.8 Å². The van der Waals surface area contributed by atoms with Gasteiger partial charge in [0.1, 0.15) is 11.6 Å². The van der Waals surface area contributed by atoms with E-state index in [1.807, 2.05) is 7.11 Å². The number of anilines is 2. The van der Waals surface area contributed by atoms with Crippen LogP contribution in [0.25, 0.3) is 11.4 Å². The fourth-order valence-corrected chi connectivity index (χ4v) is 6.12. The van der Waals surface area contributed by atoms with E-state index in [2.05, 4.69) is 66.6 Å². The van der Waals surface area contributed by atoms with Gasteiger partial charge in [-0.25, -0.2) is 9.97 Å². The molecule has 0 spiro atoms. The lowest BCUT2D eigenvalue weighted by Crippen LogP contribution is -2.45. The number of fused-ring (bicyclic) bond motifs is 1. The van der Waals surface area contributed by atoms with Crippen LogP contribution >= 0.6 is 0 Å². The van der Waals surface area contributed by atoms with Crippen LogP contribution in [0.1, 0.15) is 66.6 Å². The summed E-state index contributed by atoms with van der Waals surface area (Å²) in [6, 6.07) is 9.12. The van der Waals surface area contributed by atoms with Gasteiger partial charge < -0.3 is 14.5 Å². The Balaban J connectivity index is 1.42. The van der Waals surface area contributed by atoms with E-state index in [0.29, 0.717) is 18.1 Å². The molecule has 6 rings (SSSR count). The summed E-state index contributed by atoms with van der Waals surface area (Å²) in [4.78, 5) is 15.5. The highest BCUT2D eigenvalue weighted by atomic mass is 16.5. The van der Waals surface area contributed by atoms with Gasteiger partial charge in [-0.1, -0.05) is 18.2 Å². The van der Waals surface area contributed by atoms with Crippen LogP contribution in [0.5, 0.6) is 0 Å². The number of aromatic nitrogens is 4. The minimum atomic E-state index is 0.318. The molecule has 2 atom stereocenters. The average molecular weight is 487 g/mol. The summed E-state index contributed by atoms with van der Waals surface area (Å²) in [6.45, 7) is 9.35. The largest absolute Gasteiger partial charge is 0.381 e. The van der Waals surface area contributed by atoms with Crippen molar-refractivity contribution in [3.63, 3.8) is 0 Å².